The van der Waals surface area contributed by atoms with Crippen molar-refractivity contribution in [3.05, 3.63) is 59.6 Å². The summed E-state index contributed by atoms with van der Waals surface area (Å²) in [6, 6.07) is 5.89. The Labute approximate surface area is 104 Å². The minimum absolute atomic E-state index is 0.836. The molecule has 17 heavy (non-hydrogen) atoms. The lowest BCUT2D eigenvalue weighted by molar-refractivity contribution is 1.06. The molecule has 0 fully saturated rings. The molecule has 90 valence electrons. The van der Waals surface area contributed by atoms with E-state index in [1.807, 2.05) is 43.4 Å². The van der Waals surface area contributed by atoms with Gasteiger partial charge in [-0.2, -0.15) is 0 Å². The third-order valence-corrected chi connectivity index (χ3v) is 2.74. The molecule has 0 amide bonds. The first-order valence-corrected chi connectivity index (χ1v) is 5.90. The van der Waals surface area contributed by atoms with Crippen LogP contribution in [0, 0.1) is 0 Å². The maximum atomic E-state index is 5.95. The van der Waals surface area contributed by atoms with Gasteiger partial charge in [0.05, 0.1) is 5.69 Å². The SMILES string of the molecule is C\C=C(/C=C\C(N)=C(/C)CC)c1ccccn1. The largest absolute Gasteiger partial charge is 0.399 e. The molecule has 0 aromatic carbocycles. The fraction of sp³-hybridized carbons (Fsp3) is 0.267. The molecule has 1 aromatic rings. The number of allylic oxidation sites excluding steroid dienone is 5. The van der Waals surface area contributed by atoms with E-state index >= 15 is 0 Å². The molecule has 1 heterocycles. The zero-order valence-corrected chi connectivity index (χ0v) is 10.8. The molecular formula is C15H20N2. The highest BCUT2D eigenvalue weighted by atomic mass is 14.7. The normalized spacial score (nSPS) is 13.9. The standard InChI is InChI=1S/C15H20N2/c1-4-12(3)14(16)10-9-13(5-2)15-8-6-7-11-17-15/h5-11H,4,16H2,1-3H3/b10-9-,13-5+,14-12-. The molecule has 0 aliphatic heterocycles. The van der Waals surface area contributed by atoms with E-state index in [9.17, 15) is 0 Å². The predicted molar refractivity (Wildman–Crippen MR) is 74.2 cm³/mol. The lowest BCUT2D eigenvalue weighted by atomic mass is 10.1. The van der Waals surface area contributed by atoms with Crippen LogP contribution in [0.15, 0.2) is 53.9 Å². The monoisotopic (exact) mass is 228 g/mol. The average molecular weight is 228 g/mol. The van der Waals surface area contributed by atoms with Crippen molar-refractivity contribution < 1.29 is 0 Å². The Morgan fingerprint density at radius 1 is 1.35 bits per heavy atom. The summed E-state index contributed by atoms with van der Waals surface area (Å²) in [6.07, 6.45) is 8.77. The first kappa shape index (κ1) is 13.2. The van der Waals surface area contributed by atoms with Crippen molar-refractivity contribution in [2.24, 2.45) is 5.73 Å². The topological polar surface area (TPSA) is 38.9 Å². The van der Waals surface area contributed by atoms with E-state index in [2.05, 4.69) is 18.8 Å². The van der Waals surface area contributed by atoms with E-state index in [-0.39, 0.29) is 0 Å². The molecule has 0 saturated heterocycles. The Hall–Kier alpha value is -1.83. The molecule has 2 heteroatoms. The first-order chi connectivity index (χ1) is 8.19. The molecule has 0 saturated carbocycles. The van der Waals surface area contributed by atoms with Gasteiger partial charge in [0.1, 0.15) is 0 Å². The maximum absolute atomic E-state index is 5.95. The smallest absolute Gasteiger partial charge is 0.0698 e. The molecule has 1 rings (SSSR count). The summed E-state index contributed by atoms with van der Waals surface area (Å²) in [6.45, 7) is 6.15. The lowest BCUT2D eigenvalue weighted by Gasteiger charge is -2.02. The van der Waals surface area contributed by atoms with Crippen molar-refractivity contribution >= 4 is 5.57 Å². The van der Waals surface area contributed by atoms with Gasteiger partial charge in [0.15, 0.2) is 0 Å². The quantitative estimate of drug-likeness (QED) is 0.798. The van der Waals surface area contributed by atoms with Crippen molar-refractivity contribution in [2.75, 3.05) is 0 Å². The zero-order chi connectivity index (χ0) is 12.7. The van der Waals surface area contributed by atoms with E-state index in [0.717, 1.165) is 23.4 Å². The Bertz CT molecular complexity index is 439. The summed E-state index contributed by atoms with van der Waals surface area (Å²) in [5, 5.41) is 0. The van der Waals surface area contributed by atoms with Crippen LogP contribution in [-0.2, 0) is 0 Å². The molecule has 2 N–H and O–H groups in total. The summed E-state index contributed by atoms with van der Waals surface area (Å²) in [5.74, 6) is 0. The number of nitrogens with two attached hydrogens (primary N) is 1. The molecule has 0 radical (unpaired) electrons. The summed E-state index contributed by atoms with van der Waals surface area (Å²) in [7, 11) is 0. The summed E-state index contributed by atoms with van der Waals surface area (Å²) >= 11 is 0. The Kier molecular flexibility index (Phi) is 5.21. The Morgan fingerprint density at radius 3 is 2.65 bits per heavy atom. The predicted octanol–water partition coefficient (Wildman–Crippen LogP) is 3.68. The second-order valence-corrected chi connectivity index (χ2v) is 3.88. The minimum atomic E-state index is 0.836. The molecule has 0 aliphatic carbocycles. The van der Waals surface area contributed by atoms with Gasteiger partial charge in [0.25, 0.3) is 0 Å². The second-order valence-electron chi connectivity index (χ2n) is 3.88. The van der Waals surface area contributed by atoms with Crippen molar-refractivity contribution in [1.29, 1.82) is 0 Å². The fourth-order valence-electron chi connectivity index (χ4n) is 1.39. The number of rotatable bonds is 4. The maximum Gasteiger partial charge on any atom is 0.0698 e. The van der Waals surface area contributed by atoms with Gasteiger partial charge < -0.3 is 5.73 Å². The van der Waals surface area contributed by atoms with Crippen molar-refractivity contribution in [2.45, 2.75) is 27.2 Å². The van der Waals surface area contributed by atoms with Gasteiger partial charge in [-0.15, -0.1) is 0 Å². The van der Waals surface area contributed by atoms with E-state index in [1.165, 1.54) is 5.57 Å². The molecule has 0 aliphatic rings. The third kappa shape index (κ3) is 3.91. The van der Waals surface area contributed by atoms with E-state index in [4.69, 9.17) is 5.73 Å². The van der Waals surface area contributed by atoms with Crippen molar-refractivity contribution in [3.8, 4) is 0 Å². The van der Waals surface area contributed by atoms with Gasteiger partial charge in [-0.25, -0.2) is 0 Å². The molecule has 2 nitrogen and oxygen atoms in total. The second kappa shape index (κ2) is 6.69. The highest BCUT2D eigenvalue weighted by molar-refractivity contribution is 5.71. The van der Waals surface area contributed by atoms with E-state index in [1.54, 1.807) is 6.20 Å². The van der Waals surface area contributed by atoms with Crippen LogP contribution in [-0.4, -0.2) is 4.98 Å². The molecule has 1 aromatic heterocycles. The van der Waals surface area contributed by atoms with Gasteiger partial charge in [0, 0.05) is 11.9 Å². The minimum Gasteiger partial charge on any atom is -0.399 e. The highest BCUT2D eigenvalue weighted by Crippen LogP contribution is 2.14. The van der Waals surface area contributed by atoms with E-state index in [0.29, 0.717) is 0 Å². The van der Waals surface area contributed by atoms with Crippen molar-refractivity contribution in [1.82, 2.24) is 4.98 Å². The van der Waals surface area contributed by atoms with Crippen LogP contribution in [0.5, 0.6) is 0 Å². The molecule has 0 bridgehead atoms. The molecule has 0 unspecified atom stereocenters. The fourth-order valence-corrected chi connectivity index (χ4v) is 1.39. The van der Waals surface area contributed by atoms with Crippen LogP contribution in [0.1, 0.15) is 32.9 Å². The Balaban J connectivity index is 2.91. The number of nitrogens with zero attached hydrogens (tertiary/aromatic N) is 1. The van der Waals surface area contributed by atoms with Gasteiger partial charge in [-0.1, -0.05) is 30.7 Å². The van der Waals surface area contributed by atoms with Crippen molar-refractivity contribution in [3.63, 3.8) is 0 Å². The number of hydrogen-bond donors (Lipinski definition) is 1. The summed E-state index contributed by atoms with van der Waals surface area (Å²) < 4.78 is 0. The van der Waals surface area contributed by atoms with Crippen LogP contribution in [0.2, 0.25) is 0 Å². The zero-order valence-electron chi connectivity index (χ0n) is 10.8. The highest BCUT2D eigenvalue weighted by Gasteiger charge is 1.97. The van der Waals surface area contributed by atoms with Crippen LogP contribution in [0.3, 0.4) is 0 Å². The van der Waals surface area contributed by atoms with Gasteiger partial charge in [-0.3, -0.25) is 4.98 Å². The van der Waals surface area contributed by atoms with Gasteiger partial charge in [0.2, 0.25) is 0 Å². The number of aromatic nitrogens is 1. The number of pyridine rings is 1. The van der Waals surface area contributed by atoms with Crippen LogP contribution in [0.25, 0.3) is 5.57 Å². The molecule has 0 spiro atoms. The average Bonchev–Trinajstić information content (AvgIpc) is 2.39. The summed E-state index contributed by atoms with van der Waals surface area (Å²) in [5.41, 5.74) is 10.0. The van der Waals surface area contributed by atoms with Crippen LogP contribution >= 0.6 is 0 Å². The first-order valence-electron chi connectivity index (χ1n) is 5.90. The van der Waals surface area contributed by atoms with Gasteiger partial charge in [-0.05, 0) is 44.1 Å². The molecule has 0 atom stereocenters. The third-order valence-electron chi connectivity index (χ3n) is 2.74. The van der Waals surface area contributed by atoms with Crippen LogP contribution in [0.4, 0.5) is 0 Å². The van der Waals surface area contributed by atoms with Gasteiger partial charge >= 0.3 is 0 Å². The molecular weight excluding hydrogens is 208 g/mol. The Morgan fingerprint density at radius 2 is 2.12 bits per heavy atom. The summed E-state index contributed by atoms with van der Waals surface area (Å²) in [4.78, 5) is 4.32. The lowest BCUT2D eigenvalue weighted by Crippen LogP contribution is -1.97. The van der Waals surface area contributed by atoms with Crippen LogP contribution < -0.4 is 5.73 Å². The van der Waals surface area contributed by atoms with E-state index < -0.39 is 0 Å². The number of hydrogen-bond acceptors (Lipinski definition) is 2.